The Balaban J connectivity index is 2.35. The van der Waals surface area contributed by atoms with E-state index in [1.807, 2.05) is 0 Å². The van der Waals surface area contributed by atoms with E-state index in [4.69, 9.17) is 0 Å². The van der Waals surface area contributed by atoms with Crippen molar-refractivity contribution in [1.82, 2.24) is 10.6 Å². The third-order valence-corrected chi connectivity index (χ3v) is 1.98. The summed E-state index contributed by atoms with van der Waals surface area (Å²) >= 11 is 0. The number of rotatable bonds is 0. The van der Waals surface area contributed by atoms with Crippen LogP contribution in [0, 0.1) is 0 Å². The summed E-state index contributed by atoms with van der Waals surface area (Å²) in [6.45, 7) is 4.93. The Bertz CT molecular complexity index is 250. The van der Waals surface area contributed by atoms with Crippen LogP contribution in [0.3, 0.4) is 0 Å². The molecule has 3 nitrogen and oxygen atoms in total. The lowest BCUT2D eigenvalue weighted by atomic mass is 10.0. The quantitative estimate of drug-likeness (QED) is 0.532. The summed E-state index contributed by atoms with van der Waals surface area (Å²) in [5.41, 5.74) is 2.22. The lowest BCUT2D eigenvalue weighted by molar-refractivity contribution is 0.650. The Labute approximate surface area is 65.9 Å². The third-order valence-electron chi connectivity index (χ3n) is 1.98. The van der Waals surface area contributed by atoms with Gasteiger partial charge in [-0.05, 0) is 12.8 Å². The first-order chi connectivity index (χ1) is 5.38. The van der Waals surface area contributed by atoms with Crippen LogP contribution in [0.4, 0.5) is 0 Å². The van der Waals surface area contributed by atoms with Crippen LogP contribution in [0.2, 0.25) is 0 Å². The Morgan fingerprint density at radius 2 is 2.45 bits per heavy atom. The molecule has 3 heteroatoms. The summed E-state index contributed by atoms with van der Waals surface area (Å²) < 4.78 is 0. The number of allylic oxidation sites excluding steroid dienone is 1. The van der Waals surface area contributed by atoms with Gasteiger partial charge >= 0.3 is 0 Å². The van der Waals surface area contributed by atoms with Gasteiger partial charge in [0.25, 0.3) is 0 Å². The predicted octanol–water partition coefficient (Wildman–Crippen LogP) is 0.727. The molecule has 2 heterocycles. The molecule has 0 spiro atoms. The molecule has 58 valence electrons. The zero-order chi connectivity index (χ0) is 7.68. The molecule has 0 radical (unpaired) electrons. The van der Waals surface area contributed by atoms with Crippen molar-refractivity contribution in [2.24, 2.45) is 4.99 Å². The molecule has 11 heavy (non-hydrogen) atoms. The largest absolute Gasteiger partial charge is 0.370 e. The van der Waals surface area contributed by atoms with Crippen molar-refractivity contribution >= 4 is 6.34 Å². The van der Waals surface area contributed by atoms with Crippen LogP contribution < -0.4 is 10.6 Å². The van der Waals surface area contributed by atoms with Gasteiger partial charge in [-0.3, -0.25) is 0 Å². The lowest BCUT2D eigenvalue weighted by Crippen LogP contribution is -2.28. The summed E-state index contributed by atoms with van der Waals surface area (Å²) in [6.07, 6.45) is 3.94. The molecule has 2 aliphatic rings. The molecule has 0 aromatic rings. The van der Waals surface area contributed by atoms with Gasteiger partial charge in [-0.25, -0.2) is 4.99 Å². The van der Waals surface area contributed by atoms with Crippen LogP contribution in [-0.4, -0.2) is 12.9 Å². The second-order valence-corrected chi connectivity index (χ2v) is 2.74. The number of hydrogen-bond acceptors (Lipinski definition) is 3. The molecule has 2 aliphatic heterocycles. The predicted molar refractivity (Wildman–Crippen MR) is 45.0 cm³/mol. The van der Waals surface area contributed by atoms with Gasteiger partial charge in [0.15, 0.2) is 0 Å². The molecule has 0 aliphatic carbocycles. The summed E-state index contributed by atoms with van der Waals surface area (Å²) in [6, 6.07) is 0. The zero-order valence-electron chi connectivity index (χ0n) is 6.35. The maximum atomic E-state index is 4.17. The van der Waals surface area contributed by atoms with E-state index in [0.717, 1.165) is 24.5 Å². The molecule has 0 saturated heterocycles. The Kier molecular flexibility index (Phi) is 1.42. The van der Waals surface area contributed by atoms with Crippen LogP contribution in [0.5, 0.6) is 0 Å². The highest BCUT2D eigenvalue weighted by Gasteiger charge is 2.15. The molecular weight excluding hydrogens is 138 g/mol. The minimum Gasteiger partial charge on any atom is -0.370 e. The van der Waals surface area contributed by atoms with E-state index in [2.05, 4.69) is 22.2 Å². The molecule has 0 atom stereocenters. The molecule has 0 aromatic carbocycles. The first-order valence-corrected chi connectivity index (χ1v) is 3.83. The highest BCUT2D eigenvalue weighted by molar-refractivity contribution is 5.64. The standard InChI is InChI=1S/C8H11N3/c1-6-7-3-2-4-9-8(7)11-5-10-6/h5,9H,1-4H2,(H,10,11). The van der Waals surface area contributed by atoms with E-state index >= 15 is 0 Å². The first kappa shape index (κ1) is 6.46. The van der Waals surface area contributed by atoms with Gasteiger partial charge in [0.05, 0.1) is 6.34 Å². The van der Waals surface area contributed by atoms with E-state index in [-0.39, 0.29) is 0 Å². The van der Waals surface area contributed by atoms with E-state index < -0.39 is 0 Å². The van der Waals surface area contributed by atoms with Crippen molar-refractivity contribution in [2.75, 3.05) is 6.54 Å². The average Bonchev–Trinajstić information content (AvgIpc) is 2.06. The Morgan fingerprint density at radius 1 is 1.55 bits per heavy atom. The van der Waals surface area contributed by atoms with Gasteiger partial charge in [-0.15, -0.1) is 0 Å². The van der Waals surface area contributed by atoms with E-state index in [1.54, 1.807) is 6.34 Å². The minimum atomic E-state index is 0.988. The summed E-state index contributed by atoms with van der Waals surface area (Å²) in [5, 5.41) is 6.23. The maximum Gasteiger partial charge on any atom is 0.132 e. The van der Waals surface area contributed by atoms with E-state index in [1.165, 1.54) is 12.0 Å². The molecule has 0 fully saturated rings. The van der Waals surface area contributed by atoms with Crippen molar-refractivity contribution in [3.05, 3.63) is 23.7 Å². The molecule has 2 rings (SSSR count). The Hall–Kier alpha value is -1.25. The summed E-state index contributed by atoms with van der Waals surface area (Å²) in [4.78, 5) is 4.17. The number of aliphatic imine (C=N–C) groups is 1. The maximum absolute atomic E-state index is 4.17. The van der Waals surface area contributed by atoms with E-state index in [9.17, 15) is 0 Å². The fourth-order valence-corrected chi connectivity index (χ4v) is 1.38. The van der Waals surface area contributed by atoms with Gasteiger partial charge in [0.2, 0.25) is 0 Å². The summed E-state index contributed by atoms with van der Waals surface area (Å²) in [7, 11) is 0. The van der Waals surface area contributed by atoms with Crippen LogP contribution in [0.15, 0.2) is 28.7 Å². The normalized spacial score (nSPS) is 22.4. The van der Waals surface area contributed by atoms with Gasteiger partial charge in [-0.1, -0.05) is 6.58 Å². The molecule has 0 unspecified atom stereocenters. The summed E-state index contributed by atoms with van der Waals surface area (Å²) in [5.74, 6) is 1.00. The van der Waals surface area contributed by atoms with Gasteiger partial charge < -0.3 is 10.6 Å². The number of nitrogens with one attached hydrogen (secondary N) is 2. The average molecular weight is 149 g/mol. The van der Waals surface area contributed by atoms with Crippen LogP contribution in [0.25, 0.3) is 0 Å². The molecule has 0 amide bonds. The SMILES string of the molecule is C=C1NC=NC2=C1CCCN2. The van der Waals surface area contributed by atoms with Crippen molar-refractivity contribution in [2.45, 2.75) is 12.8 Å². The fraction of sp³-hybridized carbons (Fsp3) is 0.375. The zero-order valence-corrected chi connectivity index (χ0v) is 6.35. The van der Waals surface area contributed by atoms with E-state index in [0.29, 0.717) is 0 Å². The second kappa shape index (κ2) is 2.42. The minimum absolute atomic E-state index is 0.988. The highest BCUT2D eigenvalue weighted by atomic mass is 15.1. The van der Waals surface area contributed by atoms with Gasteiger partial charge in [0, 0.05) is 17.8 Å². The fourth-order valence-electron chi connectivity index (χ4n) is 1.38. The van der Waals surface area contributed by atoms with Crippen LogP contribution in [-0.2, 0) is 0 Å². The van der Waals surface area contributed by atoms with Gasteiger partial charge in [-0.2, -0.15) is 0 Å². The van der Waals surface area contributed by atoms with Crippen molar-refractivity contribution in [3.8, 4) is 0 Å². The monoisotopic (exact) mass is 149 g/mol. The van der Waals surface area contributed by atoms with Crippen molar-refractivity contribution < 1.29 is 0 Å². The lowest BCUT2D eigenvalue weighted by Gasteiger charge is -2.23. The number of nitrogens with zero attached hydrogens (tertiary/aromatic N) is 1. The van der Waals surface area contributed by atoms with Crippen molar-refractivity contribution in [3.63, 3.8) is 0 Å². The van der Waals surface area contributed by atoms with Gasteiger partial charge in [0.1, 0.15) is 5.82 Å². The van der Waals surface area contributed by atoms with Crippen LogP contribution >= 0.6 is 0 Å². The molecule has 0 bridgehead atoms. The number of hydrogen-bond donors (Lipinski definition) is 2. The molecule has 0 aromatic heterocycles. The van der Waals surface area contributed by atoms with Crippen molar-refractivity contribution in [1.29, 1.82) is 0 Å². The third kappa shape index (κ3) is 1.02. The second-order valence-electron chi connectivity index (χ2n) is 2.74. The smallest absolute Gasteiger partial charge is 0.132 e. The first-order valence-electron chi connectivity index (χ1n) is 3.83. The molecular formula is C8H11N3. The van der Waals surface area contributed by atoms with Crippen LogP contribution in [0.1, 0.15) is 12.8 Å². The molecule has 2 N–H and O–H groups in total. The highest BCUT2D eigenvalue weighted by Crippen LogP contribution is 2.21. The molecule has 0 saturated carbocycles. The Morgan fingerprint density at radius 3 is 3.27 bits per heavy atom. The topological polar surface area (TPSA) is 36.4 Å².